The van der Waals surface area contributed by atoms with E-state index in [0.717, 1.165) is 6.61 Å². The molecule has 1 aliphatic carbocycles. The van der Waals surface area contributed by atoms with Crippen molar-refractivity contribution in [3.05, 3.63) is 0 Å². The van der Waals surface area contributed by atoms with Gasteiger partial charge in [0.15, 0.2) is 0 Å². The molecule has 0 bridgehead atoms. The molecule has 1 heterocycles. The van der Waals surface area contributed by atoms with Gasteiger partial charge in [-0.25, -0.2) is 0 Å². The summed E-state index contributed by atoms with van der Waals surface area (Å²) in [6.07, 6.45) is 11.0. The van der Waals surface area contributed by atoms with Crippen molar-refractivity contribution < 1.29 is 4.74 Å². The van der Waals surface area contributed by atoms with E-state index in [0.29, 0.717) is 5.60 Å². The van der Waals surface area contributed by atoms with Gasteiger partial charge in [0.05, 0.1) is 5.60 Å². The first kappa shape index (κ1) is 7.60. The fourth-order valence-electron chi connectivity index (χ4n) is 2.50. The molecule has 0 atom stereocenters. The Kier molecular flexibility index (Phi) is 2.17. The van der Waals surface area contributed by atoms with E-state index in [9.17, 15) is 0 Å². The summed E-state index contributed by atoms with van der Waals surface area (Å²) >= 11 is 0. The molecular formula is C10H18O. The Morgan fingerprint density at radius 3 is 2.00 bits per heavy atom. The normalized spacial score (nSPS) is 30.5. The Morgan fingerprint density at radius 1 is 0.727 bits per heavy atom. The van der Waals surface area contributed by atoms with E-state index in [1.165, 1.54) is 51.4 Å². The minimum Gasteiger partial charge on any atom is -0.375 e. The summed E-state index contributed by atoms with van der Waals surface area (Å²) in [6.45, 7) is 1.03. The van der Waals surface area contributed by atoms with E-state index in [1.54, 1.807) is 0 Å². The monoisotopic (exact) mass is 154 g/mol. The van der Waals surface area contributed by atoms with Crippen LogP contribution in [-0.4, -0.2) is 12.2 Å². The zero-order valence-corrected chi connectivity index (χ0v) is 7.27. The highest BCUT2D eigenvalue weighted by atomic mass is 16.5. The predicted octanol–water partition coefficient (Wildman–Crippen LogP) is 2.89. The molecule has 0 amide bonds. The summed E-state index contributed by atoms with van der Waals surface area (Å²) in [5, 5.41) is 0. The van der Waals surface area contributed by atoms with E-state index >= 15 is 0 Å². The SMILES string of the molecule is C1CCC2(CC1)CCCCO2. The van der Waals surface area contributed by atoms with E-state index in [-0.39, 0.29) is 0 Å². The van der Waals surface area contributed by atoms with Crippen molar-refractivity contribution in [1.29, 1.82) is 0 Å². The summed E-state index contributed by atoms with van der Waals surface area (Å²) in [5.41, 5.74) is 0.358. The molecule has 0 radical (unpaired) electrons. The average molecular weight is 154 g/mol. The minimum atomic E-state index is 0.358. The molecular weight excluding hydrogens is 136 g/mol. The Morgan fingerprint density at radius 2 is 1.36 bits per heavy atom. The summed E-state index contributed by atoms with van der Waals surface area (Å²) in [5.74, 6) is 0. The number of rotatable bonds is 0. The molecule has 1 heteroatoms. The number of hydrogen-bond acceptors (Lipinski definition) is 1. The Labute approximate surface area is 69.1 Å². The van der Waals surface area contributed by atoms with Gasteiger partial charge in [-0.15, -0.1) is 0 Å². The summed E-state index contributed by atoms with van der Waals surface area (Å²) < 4.78 is 5.91. The van der Waals surface area contributed by atoms with E-state index in [4.69, 9.17) is 4.74 Å². The molecule has 11 heavy (non-hydrogen) atoms. The lowest BCUT2D eigenvalue weighted by atomic mass is 9.80. The first-order valence-electron chi connectivity index (χ1n) is 5.05. The number of ether oxygens (including phenoxy) is 1. The Bertz CT molecular complexity index is 99.3. The van der Waals surface area contributed by atoms with Gasteiger partial charge < -0.3 is 4.74 Å². The lowest BCUT2D eigenvalue weighted by Gasteiger charge is -2.40. The fraction of sp³-hybridized carbons (Fsp3) is 1.00. The third-order valence-electron chi connectivity index (χ3n) is 3.20. The van der Waals surface area contributed by atoms with Gasteiger partial charge in [-0.2, -0.15) is 0 Å². The van der Waals surface area contributed by atoms with Crippen LogP contribution < -0.4 is 0 Å². The van der Waals surface area contributed by atoms with Crippen LogP contribution in [0.2, 0.25) is 0 Å². The van der Waals surface area contributed by atoms with E-state index < -0.39 is 0 Å². The molecule has 1 nitrogen and oxygen atoms in total. The predicted molar refractivity (Wildman–Crippen MR) is 45.6 cm³/mol. The van der Waals surface area contributed by atoms with E-state index in [1.807, 2.05) is 0 Å². The molecule has 0 aromatic carbocycles. The molecule has 2 fully saturated rings. The largest absolute Gasteiger partial charge is 0.375 e. The molecule has 1 saturated carbocycles. The molecule has 0 aromatic rings. The molecule has 0 N–H and O–H groups in total. The standard InChI is InChI=1S/C10H18O/c1-2-6-10(7-3-1)8-4-5-9-11-10/h1-9H2. The lowest BCUT2D eigenvalue weighted by molar-refractivity contribution is -0.0993. The molecule has 1 spiro atoms. The van der Waals surface area contributed by atoms with Crippen LogP contribution >= 0.6 is 0 Å². The third-order valence-corrected chi connectivity index (χ3v) is 3.20. The zero-order chi connectivity index (χ0) is 7.57. The van der Waals surface area contributed by atoms with E-state index in [2.05, 4.69) is 0 Å². The third kappa shape index (κ3) is 1.58. The molecule has 1 aliphatic heterocycles. The second-order valence-electron chi connectivity index (χ2n) is 4.05. The van der Waals surface area contributed by atoms with Crippen LogP contribution in [0.15, 0.2) is 0 Å². The highest BCUT2D eigenvalue weighted by Gasteiger charge is 2.34. The summed E-state index contributed by atoms with van der Waals surface area (Å²) in [6, 6.07) is 0. The smallest absolute Gasteiger partial charge is 0.0682 e. The minimum absolute atomic E-state index is 0.358. The molecule has 1 saturated heterocycles. The topological polar surface area (TPSA) is 9.23 Å². The maximum absolute atomic E-state index is 5.91. The van der Waals surface area contributed by atoms with Crippen LogP contribution in [0.25, 0.3) is 0 Å². The van der Waals surface area contributed by atoms with Crippen LogP contribution in [0.3, 0.4) is 0 Å². The van der Waals surface area contributed by atoms with Gasteiger partial charge in [-0.05, 0) is 32.1 Å². The quantitative estimate of drug-likeness (QED) is 0.521. The van der Waals surface area contributed by atoms with Crippen LogP contribution in [0.5, 0.6) is 0 Å². The van der Waals surface area contributed by atoms with Crippen LogP contribution in [-0.2, 0) is 4.74 Å². The van der Waals surface area contributed by atoms with Gasteiger partial charge >= 0.3 is 0 Å². The summed E-state index contributed by atoms with van der Waals surface area (Å²) in [4.78, 5) is 0. The maximum Gasteiger partial charge on any atom is 0.0682 e. The Hall–Kier alpha value is -0.0400. The second kappa shape index (κ2) is 3.14. The Balaban J connectivity index is 1.94. The highest BCUT2D eigenvalue weighted by molar-refractivity contribution is 4.86. The van der Waals surface area contributed by atoms with Gasteiger partial charge in [0.1, 0.15) is 0 Å². The van der Waals surface area contributed by atoms with Crippen LogP contribution in [0.1, 0.15) is 51.4 Å². The molecule has 64 valence electrons. The number of hydrogen-bond donors (Lipinski definition) is 0. The first-order chi connectivity index (χ1) is 5.41. The highest BCUT2D eigenvalue weighted by Crippen LogP contribution is 2.38. The van der Waals surface area contributed by atoms with Gasteiger partial charge in [0, 0.05) is 6.61 Å². The van der Waals surface area contributed by atoms with Gasteiger partial charge in [0.25, 0.3) is 0 Å². The van der Waals surface area contributed by atoms with Gasteiger partial charge in [-0.3, -0.25) is 0 Å². The lowest BCUT2D eigenvalue weighted by Crippen LogP contribution is -2.37. The fourth-order valence-corrected chi connectivity index (χ4v) is 2.50. The van der Waals surface area contributed by atoms with Crippen molar-refractivity contribution in [2.45, 2.75) is 57.0 Å². The zero-order valence-electron chi connectivity index (χ0n) is 7.27. The van der Waals surface area contributed by atoms with Crippen molar-refractivity contribution in [2.75, 3.05) is 6.61 Å². The molecule has 0 unspecified atom stereocenters. The molecule has 2 aliphatic rings. The van der Waals surface area contributed by atoms with Gasteiger partial charge in [-0.1, -0.05) is 19.3 Å². The maximum atomic E-state index is 5.91. The van der Waals surface area contributed by atoms with Crippen LogP contribution in [0, 0.1) is 0 Å². The average Bonchev–Trinajstić information content (AvgIpc) is 2.07. The van der Waals surface area contributed by atoms with Crippen molar-refractivity contribution in [3.8, 4) is 0 Å². The first-order valence-corrected chi connectivity index (χ1v) is 5.05. The summed E-state index contributed by atoms with van der Waals surface area (Å²) in [7, 11) is 0. The van der Waals surface area contributed by atoms with Crippen molar-refractivity contribution in [1.82, 2.24) is 0 Å². The molecule has 2 rings (SSSR count). The van der Waals surface area contributed by atoms with Crippen LogP contribution in [0.4, 0.5) is 0 Å². The van der Waals surface area contributed by atoms with Crippen molar-refractivity contribution >= 4 is 0 Å². The van der Waals surface area contributed by atoms with Crippen molar-refractivity contribution in [2.24, 2.45) is 0 Å². The van der Waals surface area contributed by atoms with Crippen molar-refractivity contribution in [3.63, 3.8) is 0 Å². The second-order valence-corrected chi connectivity index (χ2v) is 4.05. The molecule has 0 aromatic heterocycles. The van der Waals surface area contributed by atoms with Gasteiger partial charge in [0.2, 0.25) is 0 Å².